The Balaban J connectivity index is 2.17. The van der Waals surface area contributed by atoms with Gasteiger partial charge in [-0.05, 0) is 44.1 Å². The molecule has 4 heteroatoms. The molecule has 0 spiro atoms. The number of aromatic nitrogens is 2. The Hall–Kier alpha value is -1.32. The highest BCUT2D eigenvalue weighted by molar-refractivity contribution is 5.78. The fourth-order valence-corrected chi connectivity index (χ4v) is 2.69. The van der Waals surface area contributed by atoms with Crippen molar-refractivity contribution >= 4 is 5.84 Å². The molecule has 94 valence electrons. The maximum atomic E-state index is 7.44. The van der Waals surface area contributed by atoms with Crippen LogP contribution in [-0.2, 0) is 13.0 Å². The van der Waals surface area contributed by atoms with E-state index in [0.717, 1.165) is 18.7 Å². The third kappa shape index (κ3) is 2.35. The topological polar surface area (TPSA) is 67.7 Å². The van der Waals surface area contributed by atoms with Gasteiger partial charge in [0.2, 0.25) is 0 Å². The van der Waals surface area contributed by atoms with Crippen LogP contribution in [0.2, 0.25) is 0 Å². The predicted octanol–water partition coefficient (Wildman–Crippen LogP) is 2.17. The number of nitrogens with one attached hydrogen (secondary N) is 1. The minimum absolute atomic E-state index is 0.222. The number of hydrogen-bond acceptors (Lipinski definition) is 2. The van der Waals surface area contributed by atoms with Gasteiger partial charge in [-0.25, -0.2) is 0 Å². The second-order valence-corrected chi connectivity index (χ2v) is 5.36. The van der Waals surface area contributed by atoms with Gasteiger partial charge in [-0.2, -0.15) is 5.10 Å². The molecule has 1 saturated carbocycles. The van der Waals surface area contributed by atoms with Crippen molar-refractivity contribution in [2.75, 3.05) is 0 Å². The highest BCUT2D eigenvalue weighted by Gasteiger charge is 2.43. The van der Waals surface area contributed by atoms with Gasteiger partial charge in [0.15, 0.2) is 0 Å². The summed E-state index contributed by atoms with van der Waals surface area (Å²) in [4.78, 5) is 0. The van der Waals surface area contributed by atoms with Crippen molar-refractivity contribution in [3.05, 3.63) is 17.0 Å². The summed E-state index contributed by atoms with van der Waals surface area (Å²) in [5, 5.41) is 12.1. The maximum Gasteiger partial charge on any atom is 0.0911 e. The lowest BCUT2D eigenvalue weighted by molar-refractivity contribution is 0.401. The van der Waals surface area contributed by atoms with Gasteiger partial charge in [0.05, 0.1) is 11.5 Å². The lowest BCUT2D eigenvalue weighted by atomic mass is 10.0. The van der Waals surface area contributed by atoms with Crippen LogP contribution in [-0.4, -0.2) is 15.6 Å². The molecule has 17 heavy (non-hydrogen) atoms. The van der Waals surface area contributed by atoms with Crippen LogP contribution in [0.1, 0.15) is 43.1 Å². The molecule has 1 aromatic heterocycles. The Bertz CT molecular complexity index is 441. The Morgan fingerprint density at radius 2 is 2.12 bits per heavy atom. The first-order valence-electron chi connectivity index (χ1n) is 6.33. The zero-order valence-corrected chi connectivity index (χ0v) is 11.0. The predicted molar refractivity (Wildman–Crippen MR) is 69.3 cm³/mol. The zero-order valence-electron chi connectivity index (χ0n) is 11.0. The lowest BCUT2D eigenvalue weighted by Gasteiger charge is -2.15. The molecular weight excluding hydrogens is 212 g/mol. The molecule has 0 aromatic carbocycles. The van der Waals surface area contributed by atoms with Gasteiger partial charge in [0.25, 0.3) is 0 Å². The van der Waals surface area contributed by atoms with Crippen LogP contribution in [0.15, 0.2) is 0 Å². The van der Waals surface area contributed by atoms with Gasteiger partial charge < -0.3 is 5.73 Å². The number of nitrogens with two attached hydrogens (primary N) is 1. The second kappa shape index (κ2) is 4.17. The molecule has 0 unspecified atom stereocenters. The number of aryl methyl sites for hydroxylation is 1. The number of rotatable bonds is 5. The summed E-state index contributed by atoms with van der Waals surface area (Å²) < 4.78 is 2.12. The monoisotopic (exact) mass is 234 g/mol. The number of nitrogens with zero attached hydrogens (tertiary/aromatic N) is 2. The molecule has 4 nitrogen and oxygen atoms in total. The van der Waals surface area contributed by atoms with E-state index < -0.39 is 0 Å². The third-order valence-electron chi connectivity index (χ3n) is 3.89. The van der Waals surface area contributed by atoms with Crippen molar-refractivity contribution in [2.45, 2.75) is 53.0 Å². The first kappa shape index (κ1) is 12.1. The second-order valence-electron chi connectivity index (χ2n) is 5.36. The molecule has 3 N–H and O–H groups in total. The first-order chi connectivity index (χ1) is 7.97. The van der Waals surface area contributed by atoms with Crippen molar-refractivity contribution in [2.24, 2.45) is 11.1 Å². The average Bonchev–Trinajstić information content (AvgIpc) is 2.90. The van der Waals surface area contributed by atoms with Crippen molar-refractivity contribution in [3.8, 4) is 0 Å². The van der Waals surface area contributed by atoms with Crippen molar-refractivity contribution in [3.63, 3.8) is 0 Å². The van der Waals surface area contributed by atoms with Crippen molar-refractivity contribution < 1.29 is 0 Å². The van der Waals surface area contributed by atoms with E-state index in [0.29, 0.717) is 12.3 Å². The van der Waals surface area contributed by atoms with Gasteiger partial charge in [0.1, 0.15) is 0 Å². The molecule has 0 atom stereocenters. The molecular formula is C13H22N4. The van der Waals surface area contributed by atoms with Crippen LogP contribution in [0.25, 0.3) is 0 Å². The van der Waals surface area contributed by atoms with Crippen LogP contribution >= 0.6 is 0 Å². The number of amidine groups is 1. The molecule has 0 aliphatic heterocycles. The molecule has 0 bridgehead atoms. The molecule has 1 aromatic rings. The summed E-state index contributed by atoms with van der Waals surface area (Å²) in [5.74, 6) is 0.305. The normalized spacial score (nSPS) is 17.1. The molecule has 0 amide bonds. The summed E-state index contributed by atoms with van der Waals surface area (Å²) in [6.45, 7) is 7.30. The largest absolute Gasteiger partial charge is 0.388 e. The molecule has 1 heterocycles. The lowest BCUT2D eigenvalue weighted by Crippen LogP contribution is -2.21. The van der Waals surface area contributed by atoms with Gasteiger partial charge in [-0.1, -0.05) is 6.92 Å². The van der Waals surface area contributed by atoms with Crippen molar-refractivity contribution in [1.29, 1.82) is 5.41 Å². The van der Waals surface area contributed by atoms with E-state index >= 15 is 0 Å². The van der Waals surface area contributed by atoms with Gasteiger partial charge in [-0.15, -0.1) is 0 Å². The summed E-state index contributed by atoms with van der Waals surface area (Å²) in [6.07, 6.45) is 4.10. The SMILES string of the molecule is CCc1c(C)nn(CC2(CC(=N)N)CC2)c1C. The summed E-state index contributed by atoms with van der Waals surface area (Å²) in [7, 11) is 0. The zero-order chi connectivity index (χ0) is 12.6. The van der Waals surface area contributed by atoms with E-state index in [4.69, 9.17) is 11.1 Å². The van der Waals surface area contributed by atoms with Crippen LogP contribution in [0.5, 0.6) is 0 Å². The van der Waals surface area contributed by atoms with Crippen LogP contribution in [0.4, 0.5) is 0 Å². The van der Waals surface area contributed by atoms with E-state index in [9.17, 15) is 0 Å². The third-order valence-corrected chi connectivity index (χ3v) is 3.89. The first-order valence-corrected chi connectivity index (χ1v) is 6.33. The van der Waals surface area contributed by atoms with Gasteiger partial charge in [0, 0.05) is 18.7 Å². The molecule has 1 aliphatic carbocycles. The summed E-state index contributed by atoms with van der Waals surface area (Å²) in [5.41, 5.74) is 9.53. The highest BCUT2D eigenvalue weighted by Crippen LogP contribution is 2.50. The van der Waals surface area contributed by atoms with Crippen LogP contribution in [0.3, 0.4) is 0 Å². The highest BCUT2D eigenvalue weighted by atomic mass is 15.3. The average molecular weight is 234 g/mol. The molecule has 1 fully saturated rings. The summed E-state index contributed by atoms with van der Waals surface area (Å²) in [6, 6.07) is 0. The number of hydrogen-bond donors (Lipinski definition) is 2. The summed E-state index contributed by atoms with van der Waals surface area (Å²) >= 11 is 0. The molecule has 0 saturated heterocycles. The quantitative estimate of drug-likeness (QED) is 0.605. The van der Waals surface area contributed by atoms with E-state index in [1.807, 2.05) is 0 Å². The Labute approximate surface area is 103 Å². The Morgan fingerprint density at radius 1 is 1.47 bits per heavy atom. The van der Waals surface area contributed by atoms with E-state index in [2.05, 4.69) is 30.6 Å². The smallest absolute Gasteiger partial charge is 0.0911 e. The minimum atomic E-state index is 0.222. The van der Waals surface area contributed by atoms with E-state index in [1.165, 1.54) is 24.1 Å². The van der Waals surface area contributed by atoms with Crippen LogP contribution in [0, 0.1) is 24.7 Å². The maximum absolute atomic E-state index is 7.44. The standard InChI is InChI=1S/C13H22N4/c1-4-11-9(2)16-17(10(11)3)8-13(5-6-13)7-12(14)15/h4-8H2,1-3H3,(H3,14,15). The van der Waals surface area contributed by atoms with Gasteiger partial charge in [-0.3, -0.25) is 10.1 Å². The van der Waals surface area contributed by atoms with Crippen molar-refractivity contribution in [1.82, 2.24) is 9.78 Å². The van der Waals surface area contributed by atoms with Gasteiger partial charge >= 0.3 is 0 Å². The Kier molecular flexibility index (Phi) is 2.98. The van der Waals surface area contributed by atoms with E-state index in [-0.39, 0.29) is 5.41 Å². The fraction of sp³-hybridized carbons (Fsp3) is 0.692. The molecule has 1 aliphatic rings. The minimum Gasteiger partial charge on any atom is -0.388 e. The Morgan fingerprint density at radius 3 is 2.53 bits per heavy atom. The molecule has 2 rings (SSSR count). The van der Waals surface area contributed by atoms with E-state index in [1.54, 1.807) is 0 Å². The fourth-order valence-electron chi connectivity index (χ4n) is 2.69. The molecule has 0 radical (unpaired) electrons. The van der Waals surface area contributed by atoms with Crippen LogP contribution < -0.4 is 5.73 Å².